The van der Waals surface area contributed by atoms with Gasteiger partial charge in [0.2, 0.25) is 5.91 Å². The zero-order valence-electron chi connectivity index (χ0n) is 24.0. The summed E-state index contributed by atoms with van der Waals surface area (Å²) in [4.78, 5) is 37.3. The van der Waals surface area contributed by atoms with Gasteiger partial charge in [-0.15, -0.1) is 0 Å². The molecule has 0 unspecified atom stereocenters. The zero-order chi connectivity index (χ0) is 32.2. The number of nitrogens with one attached hydrogen (secondary N) is 3. The lowest BCUT2D eigenvalue weighted by Gasteiger charge is -2.26. The summed E-state index contributed by atoms with van der Waals surface area (Å²) >= 11 is 0. The van der Waals surface area contributed by atoms with Crippen LogP contribution < -0.4 is 25.0 Å². The fourth-order valence-electron chi connectivity index (χ4n) is 5.04. The highest BCUT2D eigenvalue weighted by atomic mass is 32.2. The lowest BCUT2D eigenvalue weighted by atomic mass is 9.98. The minimum atomic E-state index is -5.31. The third-order valence-electron chi connectivity index (χ3n) is 7.71. The molecular weight excluding hydrogens is 613 g/mol. The first-order valence-electron chi connectivity index (χ1n) is 14.3. The van der Waals surface area contributed by atoms with E-state index in [1.807, 2.05) is 0 Å². The number of esters is 1. The second-order valence-corrected chi connectivity index (χ2v) is 12.7. The molecule has 238 valence electrons. The number of benzene rings is 3. The molecule has 0 atom stereocenters. The van der Waals surface area contributed by atoms with Crippen molar-refractivity contribution in [2.45, 2.75) is 42.3 Å². The SMILES string of the molecule is O=C(NC1(C(=O)NCC2CCNCC2)CC1)c1ccc(S(=O)(=O)N(c2ccccc2)c2ccccc2OC(=O)C(F)(F)F)cc1. The van der Waals surface area contributed by atoms with Gasteiger partial charge in [0.1, 0.15) is 11.2 Å². The largest absolute Gasteiger partial charge is 0.491 e. The molecule has 1 heterocycles. The van der Waals surface area contributed by atoms with Gasteiger partial charge < -0.3 is 20.7 Å². The number of ether oxygens (including phenoxy) is 1. The van der Waals surface area contributed by atoms with Crippen LogP contribution in [0.15, 0.2) is 83.8 Å². The monoisotopic (exact) mass is 644 g/mol. The second kappa shape index (κ2) is 12.9. The maximum absolute atomic E-state index is 14.0. The van der Waals surface area contributed by atoms with Crippen molar-refractivity contribution in [3.05, 3.63) is 84.4 Å². The highest BCUT2D eigenvalue weighted by molar-refractivity contribution is 7.93. The van der Waals surface area contributed by atoms with Crippen LogP contribution in [0, 0.1) is 5.92 Å². The molecule has 1 saturated carbocycles. The molecule has 3 N–H and O–H groups in total. The van der Waals surface area contributed by atoms with Crippen LogP contribution in [0.25, 0.3) is 0 Å². The maximum Gasteiger partial charge on any atom is 0.491 e. The van der Waals surface area contributed by atoms with Crippen molar-refractivity contribution < 1.29 is 40.7 Å². The topological polar surface area (TPSA) is 134 Å². The summed E-state index contributed by atoms with van der Waals surface area (Å²) in [6.07, 6.45) is -2.43. The van der Waals surface area contributed by atoms with E-state index in [0.717, 1.165) is 36.3 Å². The van der Waals surface area contributed by atoms with Gasteiger partial charge in [0.25, 0.3) is 15.9 Å². The lowest BCUT2D eigenvalue weighted by Crippen LogP contribution is -2.50. The molecular formula is C31H31F3N4O6S. The molecule has 14 heteroatoms. The molecule has 3 aromatic carbocycles. The summed E-state index contributed by atoms with van der Waals surface area (Å²) in [5, 5.41) is 9.00. The normalized spacial score (nSPS) is 16.3. The highest BCUT2D eigenvalue weighted by Gasteiger charge is 2.51. The van der Waals surface area contributed by atoms with E-state index in [-0.39, 0.29) is 27.7 Å². The van der Waals surface area contributed by atoms with Crippen molar-refractivity contribution in [1.82, 2.24) is 16.0 Å². The Morgan fingerprint density at radius 3 is 2.16 bits per heavy atom. The van der Waals surface area contributed by atoms with Gasteiger partial charge in [-0.2, -0.15) is 13.2 Å². The number of halogens is 3. The number of nitrogens with zero attached hydrogens (tertiary/aromatic N) is 1. The van der Waals surface area contributed by atoms with Crippen molar-refractivity contribution in [2.24, 2.45) is 5.92 Å². The average molecular weight is 645 g/mol. The zero-order valence-corrected chi connectivity index (χ0v) is 24.8. The minimum Gasteiger partial charge on any atom is -0.418 e. The number of rotatable bonds is 10. The Morgan fingerprint density at radius 1 is 0.911 bits per heavy atom. The van der Waals surface area contributed by atoms with Gasteiger partial charge in [0, 0.05) is 12.1 Å². The number of sulfonamides is 1. The quantitative estimate of drug-likeness (QED) is 0.224. The first-order chi connectivity index (χ1) is 21.4. The van der Waals surface area contributed by atoms with E-state index >= 15 is 0 Å². The Balaban J connectivity index is 1.36. The molecule has 0 radical (unpaired) electrons. The molecule has 0 bridgehead atoms. The van der Waals surface area contributed by atoms with Crippen molar-refractivity contribution in [2.75, 3.05) is 23.9 Å². The fraction of sp³-hybridized carbons (Fsp3) is 0.323. The fourth-order valence-corrected chi connectivity index (χ4v) is 6.54. The molecule has 5 rings (SSSR count). The van der Waals surface area contributed by atoms with Crippen LogP contribution in [0.2, 0.25) is 0 Å². The number of hydrogen-bond acceptors (Lipinski definition) is 7. The standard InChI is InChI=1S/C31H31F3N4O6S/c32-31(33,34)29(41)44-26-9-5-4-8-25(26)38(23-6-2-1-3-7-23)45(42,43)24-12-10-22(11-13-24)27(39)37-30(16-17-30)28(40)36-20-21-14-18-35-19-15-21/h1-13,21,35H,14-20H2,(H,36,40)(H,37,39). The summed E-state index contributed by atoms with van der Waals surface area (Å²) in [7, 11) is -4.54. The van der Waals surface area contributed by atoms with Gasteiger partial charge >= 0.3 is 12.1 Å². The van der Waals surface area contributed by atoms with E-state index in [4.69, 9.17) is 0 Å². The van der Waals surface area contributed by atoms with Crippen molar-refractivity contribution in [3.8, 4) is 5.75 Å². The summed E-state index contributed by atoms with van der Waals surface area (Å²) in [5.74, 6) is -3.58. The molecule has 1 aliphatic carbocycles. The van der Waals surface area contributed by atoms with E-state index in [0.29, 0.717) is 25.3 Å². The van der Waals surface area contributed by atoms with Gasteiger partial charge in [-0.25, -0.2) is 17.5 Å². The minimum absolute atomic E-state index is 0.0565. The predicted molar refractivity (Wildman–Crippen MR) is 158 cm³/mol. The van der Waals surface area contributed by atoms with E-state index in [1.165, 1.54) is 66.7 Å². The van der Waals surface area contributed by atoms with Gasteiger partial charge in [-0.05, 0) is 93.2 Å². The number of alkyl halides is 3. The Morgan fingerprint density at radius 2 is 1.53 bits per heavy atom. The van der Waals surface area contributed by atoms with Crippen LogP contribution in [0.4, 0.5) is 24.5 Å². The summed E-state index contributed by atoms with van der Waals surface area (Å²) in [6.45, 7) is 2.33. The number of amides is 2. The highest BCUT2D eigenvalue weighted by Crippen LogP contribution is 2.39. The first kappa shape index (κ1) is 32.0. The van der Waals surface area contributed by atoms with Crippen molar-refractivity contribution >= 4 is 39.2 Å². The maximum atomic E-state index is 14.0. The third-order valence-corrected chi connectivity index (χ3v) is 9.47. The summed E-state index contributed by atoms with van der Waals surface area (Å²) < 4.78 is 72.3. The van der Waals surface area contributed by atoms with E-state index in [9.17, 15) is 36.0 Å². The summed E-state index contributed by atoms with van der Waals surface area (Å²) in [6, 6.07) is 17.4. The van der Waals surface area contributed by atoms with Gasteiger partial charge in [0.15, 0.2) is 5.75 Å². The van der Waals surface area contributed by atoms with Crippen molar-refractivity contribution in [1.29, 1.82) is 0 Å². The molecule has 10 nitrogen and oxygen atoms in total. The van der Waals surface area contributed by atoms with Crippen LogP contribution >= 0.6 is 0 Å². The van der Waals surface area contributed by atoms with Crippen LogP contribution in [0.5, 0.6) is 5.75 Å². The smallest absolute Gasteiger partial charge is 0.418 e. The number of carbonyl (C=O) groups excluding carboxylic acids is 3. The Labute approximate surface area is 258 Å². The van der Waals surface area contributed by atoms with Gasteiger partial charge in [-0.3, -0.25) is 9.59 Å². The first-order valence-corrected chi connectivity index (χ1v) is 15.7. The summed E-state index contributed by atoms with van der Waals surface area (Å²) in [5.41, 5.74) is -1.19. The van der Waals surface area contributed by atoms with Crippen LogP contribution in [0.1, 0.15) is 36.0 Å². The number of carbonyl (C=O) groups is 3. The number of hydrogen-bond donors (Lipinski definition) is 3. The van der Waals surface area contributed by atoms with E-state index < -0.39 is 39.4 Å². The predicted octanol–water partition coefficient (Wildman–Crippen LogP) is 4.06. The molecule has 2 fully saturated rings. The number of anilines is 2. The molecule has 1 aliphatic heterocycles. The molecule has 2 aliphatic rings. The molecule has 45 heavy (non-hydrogen) atoms. The van der Waals surface area contributed by atoms with Gasteiger partial charge in [0.05, 0.1) is 10.6 Å². The molecule has 3 aromatic rings. The van der Waals surface area contributed by atoms with Gasteiger partial charge in [-0.1, -0.05) is 30.3 Å². The van der Waals surface area contributed by atoms with Crippen LogP contribution in [0.3, 0.4) is 0 Å². The lowest BCUT2D eigenvalue weighted by molar-refractivity contribution is -0.189. The van der Waals surface area contributed by atoms with Crippen LogP contribution in [-0.4, -0.2) is 57.6 Å². The Bertz CT molecular complexity index is 1660. The van der Waals surface area contributed by atoms with Crippen molar-refractivity contribution in [3.63, 3.8) is 0 Å². The third kappa shape index (κ3) is 7.28. The molecule has 2 amide bonds. The molecule has 0 aromatic heterocycles. The number of piperidine rings is 1. The molecule has 0 spiro atoms. The van der Waals surface area contributed by atoms with E-state index in [1.54, 1.807) is 6.07 Å². The number of para-hydroxylation sites is 3. The van der Waals surface area contributed by atoms with E-state index in [2.05, 4.69) is 20.7 Å². The van der Waals surface area contributed by atoms with Crippen LogP contribution in [-0.2, 0) is 19.6 Å². The Kier molecular flexibility index (Phi) is 9.16. The second-order valence-electron chi connectivity index (χ2n) is 10.9. The Hall–Kier alpha value is -4.43. The molecule has 1 saturated heterocycles. The average Bonchev–Trinajstić information content (AvgIpc) is 3.82.